The van der Waals surface area contributed by atoms with Crippen LogP contribution < -0.4 is 0 Å². The van der Waals surface area contributed by atoms with Gasteiger partial charge >= 0.3 is 6.09 Å². The minimum absolute atomic E-state index is 0.00976. The fourth-order valence-electron chi connectivity index (χ4n) is 3.70. The molecule has 7 nitrogen and oxygen atoms in total. The van der Waals surface area contributed by atoms with Crippen LogP contribution in [0.25, 0.3) is 0 Å². The lowest BCUT2D eigenvalue weighted by atomic mass is 9.92. The molecule has 122 valence electrons. The van der Waals surface area contributed by atoms with Crippen LogP contribution in [-0.2, 0) is 11.2 Å². The number of hydrogen-bond acceptors (Lipinski definition) is 5. The summed E-state index contributed by atoms with van der Waals surface area (Å²) in [5.74, 6) is 0.961. The number of carbonyl (C=O) groups is 3. The molecule has 2 saturated heterocycles. The van der Waals surface area contributed by atoms with E-state index < -0.39 is 0 Å². The summed E-state index contributed by atoms with van der Waals surface area (Å²) in [4.78, 5) is 40.1. The van der Waals surface area contributed by atoms with E-state index in [9.17, 15) is 14.4 Å². The summed E-state index contributed by atoms with van der Waals surface area (Å²) in [6.45, 7) is 3.37. The molecular formula is C16H18N2O5. The first-order chi connectivity index (χ1) is 11.1. The Kier molecular flexibility index (Phi) is 3.18. The van der Waals surface area contributed by atoms with Crippen LogP contribution in [0.2, 0.25) is 0 Å². The molecule has 0 spiro atoms. The molecule has 2 fully saturated rings. The molecule has 2 aliphatic heterocycles. The van der Waals surface area contributed by atoms with Gasteiger partial charge in [-0.3, -0.25) is 14.5 Å². The molecule has 2 amide bonds. The summed E-state index contributed by atoms with van der Waals surface area (Å²) >= 11 is 0. The summed E-state index contributed by atoms with van der Waals surface area (Å²) in [6, 6.07) is -0.0982. The SMILES string of the molecule is Cc1oc2c(c1C(=O)N1CCN3C(=O)OC[C@@H]3C1)C(=O)CCC2. The van der Waals surface area contributed by atoms with Crippen molar-refractivity contribution in [3.05, 3.63) is 22.6 Å². The van der Waals surface area contributed by atoms with Crippen LogP contribution in [-0.4, -0.2) is 59.9 Å². The monoisotopic (exact) mass is 318 g/mol. The molecular weight excluding hydrogens is 300 g/mol. The molecule has 1 aromatic heterocycles. The van der Waals surface area contributed by atoms with E-state index in [-0.39, 0.29) is 23.8 Å². The van der Waals surface area contributed by atoms with Gasteiger partial charge in [0, 0.05) is 32.5 Å². The minimum atomic E-state index is -0.311. The second kappa shape index (κ2) is 5.11. The van der Waals surface area contributed by atoms with Crippen molar-refractivity contribution in [1.82, 2.24) is 9.80 Å². The van der Waals surface area contributed by atoms with Gasteiger partial charge in [-0.1, -0.05) is 0 Å². The number of cyclic esters (lactones) is 1. The predicted molar refractivity (Wildman–Crippen MR) is 78.5 cm³/mol. The topological polar surface area (TPSA) is 80.1 Å². The molecule has 23 heavy (non-hydrogen) atoms. The number of carbonyl (C=O) groups excluding carboxylic acids is 3. The van der Waals surface area contributed by atoms with E-state index in [2.05, 4.69) is 0 Å². The Hall–Kier alpha value is -2.31. The molecule has 1 atom stereocenters. The van der Waals surface area contributed by atoms with Gasteiger partial charge in [-0.2, -0.15) is 0 Å². The Balaban J connectivity index is 1.62. The van der Waals surface area contributed by atoms with Crippen LogP contribution >= 0.6 is 0 Å². The molecule has 0 aromatic carbocycles. The summed E-state index contributed by atoms with van der Waals surface area (Å²) in [5, 5.41) is 0. The summed E-state index contributed by atoms with van der Waals surface area (Å²) in [5.41, 5.74) is 0.878. The number of ether oxygens (including phenoxy) is 1. The number of rotatable bonds is 1. The first-order valence-corrected chi connectivity index (χ1v) is 7.94. The van der Waals surface area contributed by atoms with E-state index in [1.807, 2.05) is 0 Å². The Labute approximate surface area is 133 Å². The number of piperazine rings is 1. The second-order valence-electron chi connectivity index (χ2n) is 6.28. The quantitative estimate of drug-likeness (QED) is 0.781. The van der Waals surface area contributed by atoms with E-state index in [0.29, 0.717) is 61.7 Å². The molecule has 3 heterocycles. The number of amides is 2. The predicted octanol–water partition coefficient (Wildman–Crippen LogP) is 1.38. The number of furan rings is 1. The lowest BCUT2D eigenvalue weighted by molar-refractivity contribution is 0.0612. The highest BCUT2D eigenvalue weighted by Gasteiger charge is 2.40. The number of hydrogen-bond donors (Lipinski definition) is 0. The summed E-state index contributed by atoms with van der Waals surface area (Å²) < 4.78 is 10.7. The Morgan fingerprint density at radius 2 is 2.04 bits per heavy atom. The fraction of sp³-hybridized carbons (Fsp3) is 0.562. The highest BCUT2D eigenvalue weighted by Crippen LogP contribution is 2.31. The largest absolute Gasteiger partial charge is 0.465 e. The Bertz CT molecular complexity index is 708. The number of aryl methyl sites for hydroxylation is 2. The molecule has 1 aromatic rings. The van der Waals surface area contributed by atoms with E-state index in [1.54, 1.807) is 16.7 Å². The van der Waals surface area contributed by atoms with Gasteiger partial charge in [0.25, 0.3) is 5.91 Å². The fourth-order valence-corrected chi connectivity index (χ4v) is 3.70. The van der Waals surface area contributed by atoms with Gasteiger partial charge in [0.15, 0.2) is 5.78 Å². The van der Waals surface area contributed by atoms with Crippen LogP contribution in [0, 0.1) is 6.92 Å². The molecule has 0 bridgehead atoms. The third-order valence-electron chi connectivity index (χ3n) is 4.86. The van der Waals surface area contributed by atoms with E-state index in [0.717, 1.165) is 6.42 Å². The van der Waals surface area contributed by atoms with Crippen LogP contribution in [0.5, 0.6) is 0 Å². The van der Waals surface area contributed by atoms with E-state index >= 15 is 0 Å². The molecule has 4 rings (SSSR count). The van der Waals surface area contributed by atoms with Crippen molar-refractivity contribution in [3.63, 3.8) is 0 Å². The van der Waals surface area contributed by atoms with Crippen LogP contribution in [0.15, 0.2) is 4.42 Å². The van der Waals surface area contributed by atoms with Gasteiger partial charge in [0.1, 0.15) is 18.1 Å². The number of nitrogens with zero attached hydrogens (tertiary/aromatic N) is 2. The van der Waals surface area contributed by atoms with Gasteiger partial charge < -0.3 is 14.1 Å². The van der Waals surface area contributed by atoms with Crippen molar-refractivity contribution in [2.24, 2.45) is 0 Å². The van der Waals surface area contributed by atoms with Crippen LogP contribution in [0.4, 0.5) is 4.79 Å². The average molecular weight is 318 g/mol. The van der Waals surface area contributed by atoms with Crippen molar-refractivity contribution in [2.75, 3.05) is 26.2 Å². The molecule has 0 saturated carbocycles. The third kappa shape index (κ3) is 2.14. The lowest BCUT2D eigenvalue weighted by Gasteiger charge is -2.35. The Morgan fingerprint density at radius 3 is 2.87 bits per heavy atom. The summed E-state index contributed by atoms with van der Waals surface area (Å²) in [7, 11) is 0. The van der Waals surface area contributed by atoms with Crippen molar-refractivity contribution in [3.8, 4) is 0 Å². The molecule has 7 heteroatoms. The smallest absolute Gasteiger partial charge is 0.410 e. The van der Waals surface area contributed by atoms with Crippen LogP contribution in [0.3, 0.4) is 0 Å². The lowest BCUT2D eigenvalue weighted by Crippen LogP contribution is -2.53. The molecule has 0 unspecified atom stereocenters. The van der Waals surface area contributed by atoms with Crippen LogP contribution in [0.1, 0.15) is 45.1 Å². The zero-order valence-electron chi connectivity index (χ0n) is 13.0. The zero-order valence-corrected chi connectivity index (χ0v) is 13.0. The number of ketones is 1. The number of Topliss-reactive ketones (excluding diaryl/α,β-unsaturated/α-hetero) is 1. The van der Waals surface area contributed by atoms with E-state index in [4.69, 9.17) is 9.15 Å². The highest BCUT2D eigenvalue weighted by atomic mass is 16.6. The van der Waals surface area contributed by atoms with Crippen molar-refractivity contribution >= 4 is 17.8 Å². The maximum absolute atomic E-state index is 12.9. The standard InChI is InChI=1S/C16H18N2O5/c1-9-13(14-11(19)3-2-4-12(14)23-9)15(20)17-5-6-18-10(7-17)8-22-16(18)21/h10H,2-8H2,1H3/t10-/m0/s1. The zero-order chi connectivity index (χ0) is 16.1. The normalized spacial score (nSPS) is 23.6. The van der Waals surface area contributed by atoms with Gasteiger partial charge in [0.2, 0.25) is 0 Å². The summed E-state index contributed by atoms with van der Waals surface area (Å²) in [6.07, 6.45) is 1.63. The molecule has 3 aliphatic rings. The molecule has 1 aliphatic carbocycles. The minimum Gasteiger partial charge on any atom is -0.465 e. The Morgan fingerprint density at radius 1 is 1.22 bits per heavy atom. The van der Waals surface area contributed by atoms with E-state index in [1.165, 1.54) is 0 Å². The maximum atomic E-state index is 12.9. The second-order valence-corrected chi connectivity index (χ2v) is 6.28. The van der Waals surface area contributed by atoms with Crippen molar-refractivity contribution in [1.29, 1.82) is 0 Å². The van der Waals surface area contributed by atoms with Gasteiger partial charge in [-0.15, -0.1) is 0 Å². The highest BCUT2D eigenvalue weighted by molar-refractivity contribution is 6.10. The van der Waals surface area contributed by atoms with Gasteiger partial charge in [0.05, 0.1) is 17.2 Å². The average Bonchev–Trinajstić information content (AvgIpc) is 3.07. The maximum Gasteiger partial charge on any atom is 0.410 e. The third-order valence-corrected chi connectivity index (χ3v) is 4.86. The van der Waals surface area contributed by atoms with Crippen molar-refractivity contribution < 1.29 is 23.5 Å². The number of fused-ring (bicyclic) bond motifs is 2. The molecule has 0 radical (unpaired) electrons. The first-order valence-electron chi connectivity index (χ1n) is 7.94. The molecule has 0 N–H and O–H groups in total. The van der Waals surface area contributed by atoms with Crippen molar-refractivity contribution in [2.45, 2.75) is 32.2 Å². The van der Waals surface area contributed by atoms with Gasteiger partial charge in [-0.25, -0.2) is 4.79 Å². The first kappa shape index (κ1) is 14.3. The van der Waals surface area contributed by atoms with Gasteiger partial charge in [-0.05, 0) is 13.3 Å².